The Hall–Kier alpha value is -3.53. The number of rotatable bonds is 6. The Bertz CT molecular complexity index is 966. The predicted octanol–water partition coefficient (Wildman–Crippen LogP) is 2.08. The highest BCUT2D eigenvalue weighted by Crippen LogP contribution is 2.23. The molecule has 0 saturated heterocycles. The van der Waals surface area contributed by atoms with Crippen LogP contribution in [0.5, 0.6) is 0 Å². The summed E-state index contributed by atoms with van der Waals surface area (Å²) in [5, 5.41) is 11.8. The van der Waals surface area contributed by atoms with Crippen LogP contribution in [0.1, 0.15) is 27.6 Å². The number of anilines is 1. The van der Waals surface area contributed by atoms with E-state index in [2.05, 4.69) is 15.5 Å². The maximum absolute atomic E-state index is 12.2. The van der Waals surface area contributed by atoms with Gasteiger partial charge in [-0.05, 0) is 42.6 Å². The van der Waals surface area contributed by atoms with Gasteiger partial charge < -0.3 is 20.2 Å². The zero-order chi connectivity index (χ0) is 19.4. The minimum absolute atomic E-state index is 0.198. The number of carbonyl (C=O) groups is 3. The molecule has 0 fully saturated rings. The number of aromatic nitrogens is 2. The zero-order valence-electron chi connectivity index (χ0n) is 14.0. The first-order valence-electron chi connectivity index (χ1n) is 7.71. The monoisotopic (exact) mass is 386 g/mol. The van der Waals surface area contributed by atoms with Crippen molar-refractivity contribution in [2.75, 3.05) is 5.32 Å². The average Bonchev–Trinajstić information content (AvgIpc) is 3.33. The highest BCUT2D eigenvalue weighted by Gasteiger charge is 2.21. The summed E-state index contributed by atoms with van der Waals surface area (Å²) < 4.78 is 10.2. The molecular weight excluding hydrogens is 372 g/mol. The van der Waals surface area contributed by atoms with Crippen LogP contribution in [0.3, 0.4) is 0 Å². The molecular formula is C17H14N4O5S. The van der Waals surface area contributed by atoms with Crippen LogP contribution in [0.2, 0.25) is 0 Å². The van der Waals surface area contributed by atoms with Crippen molar-refractivity contribution in [3.05, 3.63) is 53.2 Å². The van der Waals surface area contributed by atoms with E-state index in [9.17, 15) is 14.4 Å². The van der Waals surface area contributed by atoms with Crippen LogP contribution in [0.25, 0.3) is 11.5 Å². The van der Waals surface area contributed by atoms with E-state index < -0.39 is 23.9 Å². The highest BCUT2D eigenvalue weighted by atomic mass is 32.1. The van der Waals surface area contributed by atoms with Crippen molar-refractivity contribution >= 4 is 34.1 Å². The smallest absolute Gasteiger partial charge is 0.338 e. The van der Waals surface area contributed by atoms with Gasteiger partial charge in [-0.2, -0.15) is 0 Å². The lowest BCUT2D eigenvalue weighted by Crippen LogP contribution is -2.30. The van der Waals surface area contributed by atoms with Gasteiger partial charge in [0.05, 0.1) is 11.1 Å². The second-order valence-corrected chi connectivity index (χ2v) is 6.30. The molecule has 9 nitrogen and oxygen atoms in total. The molecule has 2 amide bonds. The average molecular weight is 386 g/mol. The lowest BCUT2D eigenvalue weighted by Gasteiger charge is -2.13. The summed E-state index contributed by atoms with van der Waals surface area (Å²) in [6.45, 7) is 1.43. The molecule has 10 heteroatoms. The summed E-state index contributed by atoms with van der Waals surface area (Å²) in [6, 6.07) is 7.80. The van der Waals surface area contributed by atoms with Crippen LogP contribution < -0.4 is 11.1 Å². The Morgan fingerprint density at radius 2 is 1.96 bits per heavy atom. The second-order valence-electron chi connectivity index (χ2n) is 5.39. The molecule has 138 valence electrons. The number of nitrogens with zero attached hydrogens (tertiary/aromatic N) is 2. The summed E-state index contributed by atoms with van der Waals surface area (Å²) in [5.74, 6) is -1.58. The van der Waals surface area contributed by atoms with Crippen LogP contribution in [-0.4, -0.2) is 34.1 Å². The molecule has 0 saturated carbocycles. The van der Waals surface area contributed by atoms with Crippen molar-refractivity contribution < 1.29 is 23.5 Å². The van der Waals surface area contributed by atoms with E-state index >= 15 is 0 Å². The minimum Gasteiger partial charge on any atom is -0.449 e. The number of carbonyl (C=O) groups excluding carboxylic acids is 3. The summed E-state index contributed by atoms with van der Waals surface area (Å²) in [7, 11) is 0. The molecule has 2 aromatic heterocycles. The van der Waals surface area contributed by atoms with Crippen molar-refractivity contribution in [3.63, 3.8) is 0 Å². The first kappa shape index (κ1) is 18.3. The molecule has 0 aliphatic rings. The van der Waals surface area contributed by atoms with Gasteiger partial charge in [0.1, 0.15) is 5.00 Å². The van der Waals surface area contributed by atoms with Crippen LogP contribution >= 0.6 is 11.3 Å². The van der Waals surface area contributed by atoms with E-state index in [1.807, 2.05) is 0 Å². The normalized spacial score (nSPS) is 11.6. The maximum Gasteiger partial charge on any atom is 0.338 e. The lowest BCUT2D eigenvalue weighted by atomic mass is 10.1. The fourth-order valence-electron chi connectivity index (χ4n) is 2.14. The molecule has 2 heterocycles. The molecule has 3 rings (SSSR count). The van der Waals surface area contributed by atoms with Gasteiger partial charge in [0.15, 0.2) is 6.10 Å². The number of nitrogens with two attached hydrogens (primary N) is 1. The second kappa shape index (κ2) is 7.79. The minimum atomic E-state index is -1.07. The van der Waals surface area contributed by atoms with E-state index in [0.29, 0.717) is 16.5 Å². The number of esters is 1. The number of ether oxygens (including phenoxy) is 1. The first-order valence-corrected chi connectivity index (χ1v) is 8.59. The molecule has 3 aromatic rings. The van der Waals surface area contributed by atoms with Gasteiger partial charge in [-0.15, -0.1) is 21.5 Å². The molecule has 0 aliphatic carbocycles. The lowest BCUT2D eigenvalue weighted by molar-refractivity contribution is -0.123. The number of hydrogen-bond acceptors (Lipinski definition) is 8. The molecule has 27 heavy (non-hydrogen) atoms. The number of amides is 2. The number of benzene rings is 1. The quantitative estimate of drug-likeness (QED) is 0.619. The highest BCUT2D eigenvalue weighted by molar-refractivity contribution is 7.14. The molecule has 0 radical (unpaired) electrons. The number of primary amides is 1. The number of hydrogen-bond donors (Lipinski definition) is 2. The molecule has 0 spiro atoms. The maximum atomic E-state index is 12.2. The van der Waals surface area contributed by atoms with Gasteiger partial charge in [-0.1, -0.05) is 0 Å². The Kier molecular flexibility index (Phi) is 5.27. The van der Waals surface area contributed by atoms with E-state index in [-0.39, 0.29) is 11.1 Å². The number of thiophene rings is 1. The summed E-state index contributed by atoms with van der Waals surface area (Å²) in [6.07, 6.45) is 0.130. The van der Waals surface area contributed by atoms with Crippen LogP contribution in [0.15, 0.2) is 46.5 Å². The fraction of sp³-hybridized carbons (Fsp3) is 0.118. The van der Waals surface area contributed by atoms with E-state index in [1.54, 1.807) is 17.5 Å². The van der Waals surface area contributed by atoms with Gasteiger partial charge >= 0.3 is 5.97 Å². The summed E-state index contributed by atoms with van der Waals surface area (Å²) in [4.78, 5) is 35.7. The topological polar surface area (TPSA) is 137 Å². The van der Waals surface area contributed by atoms with Gasteiger partial charge in [-0.25, -0.2) is 4.79 Å². The third-order valence-corrected chi connectivity index (χ3v) is 4.38. The van der Waals surface area contributed by atoms with Crippen molar-refractivity contribution in [3.8, 4) is 11.5 Å². The van der Waals surface area contributed by atoms with Crippen molar-refractivity contribution in [2.24, 2.45) is 5.73 Å². The molecule has 1 atom stereocenters. The van der Waals surface area contributed by atoms with Crippen LogP contribution in [0.4, 0.5) is 5.00 Å². The van der Waals surface area contributed by atoms with Crippen molar-refractivity contribution in [2.45, 2.75) is 13.0 Å². The number of nitrogens with one attached hydrogen (secondary N) is 1. The van der Waals surface area contributed by atoms with Gasteiger partial charge in [0.2, 0.25) is 12.3 Å². The molecule has 3 N–H and O–H groups in total. The van der Waals surface area contributed by atoms with E-state index in [0.717, 1.165) is 11.3 Å². The molecule has 0 aliphatic heterocycles. The standard InChI is InChI=1S/C17H14N4O5S/c1-9(14(23)20-16-12(13(18)22)6-7-27-16)26-17(24)11-4-2-10(3-5-11)15-21-19-8-25-15/h2-9H,1H3,(H2,18,22)(H,20,23)/t9-/m0/s1. The van der Waals surface area contributed by atoms with Crippen molar-refractivity contribution in [1.29, 1.82) is 0 Å². The zero-order valence-corrected chi connectivity index (χ0v) is 14.9. The summed E-state index contributed by atoms with van der Waals surface area (Å²) >= 11 is 1.15. The van der Waals surface area contributed by atoms with E-state index in [4.69, 9.17) is 14.9 Å². The molecule has 0 bridgehead atoms. The fourth-order valence-corrected chi connectivity index (χ4v) is 2.94. The van der Waals surface area contributed by atoms with Crippen LogP contribution in [-0.2, 0) is 9.53 Å². The Morgan fingerprint density at radius 3 is 2.59 bits per heavy atom. The Labute approximate surface area is 157 Å². The third-order valence-electron chi connectivity index (χ3n) is 3.55. The van der Waals surface area contributed by atoms with Gasteiger partial charge in [-0.3, -0.25) is 9.59 Å². The molecule has 0 unspecified atom stereocenters. The van der Waals surface area contributed by atoms with Gasteiger partial charge in [0, 0.05) is 5.56 Å². The Morgan fingerprint density at radius 1 is 1.22 bits per heavy atom. The molecule has 1 aromatic carbocycles. The Balaban J connectivity index is 1.62. The van der Waals surface area contributed by atoms with E-state index in [1.165, 1.54) is 31.5 Å². The SMILES string of the molecule is C[C@H](OC(=O)c1ccc(-c2nnco2)cc1)C(=O)Nc1sccc1C(N)=O. The predicted molar refractivity (Wildman–Crippen MR) is 96.1 cm³/mol. The van der Waals surface area contributed by atoms with Crippen LogP contribution in [0, 0.1) is 0 Å². The van der Waals surface area contributed by atoms with Gasteiger partial charge in [0.25, 0.3) is 11.8 Å². The third kappa shape index (κ3) is 4.18. The largest absolute Gasteiger partial charge is 0.449 e. The first-order chi connectivity index (χ1) is 13.0. The van der Waals surface area contributed by atoms with Crippen molar-refractivity contribution in [1.82, 2.24) is 10.2 Å². The summed E-state index contributed by atoms with van der Waals surface area (Å²) in [5.41, 5.74) is 6.33.